The van der Waals surface area contributed by atoms with Gasteiger partial charge >= 0.3 is 0 Å². The van der Waals surface area contributed by atoms with Crippen LogP contribution in [0.3, 0.4) is 0 Å². The van der Waals surface area contributed by atoms with E-state index in [2.05, 4.69) is 15.3 Å². The highest BCUT2D eigenvalue weighted by Crippen LogP contribution is 2.25. The van der Waals surface area contributed by atoms with Gasteiger partial charge in [-0.1, -0.05) is 84.9 Å². The second-order valence-electron chi connectivity index (χ2n) is 6.61. The molecule has 146 valence electrons. The Morgan fingerprint density at radius 3 is 2.10 bits per heavy atom. The Kier molecular flexibility index (Phi) is 5.92. The lowest BCUT2D eigenvalue weighted by molar-refractivity contribution is 0.102. The molecule has 30 heavy (non-hydrogen) atoms. The summed E-state index contributed by atoms with van der Waals surface area (Å²) in [5.74, 6) is -0.258. The first-order valence-corrected chi connectivity index (χ1v) is 9.91. The van der Waals surface area contributed by atoms with E-state index in [0.717, 1.165) is 11.1 Å². The van der Waals surface area contributed by atoms with Crippen LogP contribution in [0.4, 0.5) is 5.69 Å². The summed E-state index contributed by atoms with van der Waals surface area (Å²) in [6.07, 6.45) is 3.80. The second-order valence-corrected chi connectivity index (χ2v) is 7.00. The third-order valence-electron chi connectivity index (χ3n) is 4.51. The first-order valence-electron chi connectivity index (χ1n) is 9.50. The van der Waals surface area contributed by atoms with Crippen LogP contribution in [0, 0.1) is 4.77 Å². The highest BCUT2D eigenvalue weighted by Gasteiger charge is 2.19. The number of hydrogen-bond donors (Lipinski definition) is 2. The highest BCUT2D eigenvalue weighted by molar-refractivity contribution is 7.71. The number of rotatable bonds is 5. The second kappa shape index (κ2) is 9.11. The maximum Gasteiger partial charge on any atom is 0.260 e. The largest absolute Gasteiger partial charge is 0.330 e. The van der Waals surface area contributed by atoms with Gasteiger partial charge in [0.1, 0.15) is 0 Å². The van der Waals surface area contributed by atoms with Gasteiger partial charge in [-0.3, -0.25) is 4.79 Å². The number of anilines is 1. The van der Waals surface area contributed by atoms with Crippen molar-refractivity contribution in [1.29, 1.82) is 0 Å². The van der Waals surface area contributed by atoms with Gasteiger partial charge in [-0.15, -0.1) is 0 Å². The van der Waals surface area contributed by atoms with Crippen LogP contribution < -0.4 is 5.32 Å². The number of aromatic amines is 1. The molecule has 0 atom stereocenters. The van der Waals surface area contributed by atoms with Gasteiger partial charge in [0.05, 0.1) is 17.0 Å². The van der Waals surface area contributed by atoms with Gasteiger partial charge in [-0.25, -0.2) is 4.98 Å². The van der Waals surface area contributed by atoms with Crippen LogP contribution in [-0.2, 0) is 0 Å². The summed E-state index contributed by atoms with van der Waals surface area (Å²) in [7, 11) is 0. The van der Waals surface area contributed by atoms with Crippen LogP contribution >= 0.6 is 12.2 Å². The Hall–Kier alpha value is -3.83. The number of nitrogens with zero attached hydrogens (tertiary/aromatic N) is 1. The zero-order valence-corrected chi connectivity index (χ0v) is 16.9. The van der Waals surface area contributed by atoms with Crippen LogP contribution in [0.15, 0.2) is 91.0 Å². The summed E-state index contributed by atoms with van der Waals surface area (Å²) < 4.78 is 0.317. The molecule has 0 spiro atoms. The van der Waals surface area contributed by atoms with Crippen LogP contribution in [0.1, 0.15) is 21.6 Å². The van der Waals surface area contributed by atoms with Gasteiger partial charge in [0.2, 0.25) is 0 Å². The van der Waals surface area contributed by atoms with E-state index in [-0.39, 0.29) is 5.91 Å². The number of carbonyl (C=O) groups excluding carboxylic acids is 1. The average molecular weight is 410 g/mol. The Labute approximate surface area is 180 Å². The predicted octanol–water partition coefficient (Wildman–Crippen LogP) is 6.23. The molecule has 1 heterocycles. The number of carbonyl (C=O) groups is 1. The topological polar surface area (TPSA) is 57.8 Å². The summed E-state index contributed by atoms with van der Waals surface area (Å²) >= 11 is 5.36. The van der Waals surface area contributed by atoms with E-state index in [1.165, 1.54) is 0 Å². The monoisotopic (exact) mass is 409 g/mol. The van der Waals surface area contributed by atoms with Crippen molar-refractivity contribution in [2.45, 2.75) is 0 Å². The molecule has 0 saturated carbocycles. The number of benzene rings is 3. The molecule has 4 rings (SSSR count). The van der Waals surface area contributed by atoms with E-state index in [1.54, 1.807) is 0 Å². The molecule has 0 bridgehead atoms. The number of amides is 1. The normalized spacial score (nSPS) is 10.8. The molecule has 0 radical (unpaired) electrons. The van der Waals surface area contributed by atoms with E-state index < -0.39 is 0 Å². The first kappa shape index (κ1) is 19.5. The maximum absolute atomic E-state index is 13.3. The van der Waals surface area contributed by atoms with Gasteiger partial charge < -0.3 is 10.3 Å². The minimum Gasteiger partial charge on any atom is -0.330 e. The summed E-state index contributed by atoms with van der Waals surface area (Å²) in [6, 6.07) is 28.8. The molecule has 1 aromatic heterocycles. The molecule has 3 aromatic carbocycles. The van der Waals surface area contributed by atoms with Crippen LogP contribution in [0.25, 0.3) is 23.4 Å². The van der Waals surface area contributed by atoms with Crippen LogP contribution in [0.2, 0.25) is 0 Å². The van der Waals surface area contributed by atoms with E-state index in [4.69, 9.17) is 12.2 Å². The van der Waals surface area contributed by atoms with Gasteiger partial charge in [0.15, 0.2) is 4.77 Å². The number of H-pyrrole nitrogens is 1. The third kappa shape index (κ3) is 4.59. The number of nitrogens with one attached hydrogen (secondary N) is 2. The van der Waals surface area contributed by atoms with E-state index in [9.17, 15) is 4.79 Å². The van der Waals surface area contributed by atoms with Gasteiger partial charge in [0, 0.05) is 11.3 Å². The number of aromatic nitrogens is 2. The first-order chi connectivity index (χ1) is 14.7. The molecular formula is C25H19N3OS. The van der Waals surface area contributed by atoms with E-state index in [1.807, 2.05) is 103 Å². The maximum atomic E-state index is 13.3. The molecular weight excluding hydrogens is 390 g/mol. The lowest BCUT2D eigenvalue weighted by atomic mass is 10.0. The van der Waals surface area contributed by atoms with Crippen molar-refractivity contribution in [1.82, 2.24) is 9.97 Å². The number of para-hydroxylation sites is 1. The van der Waals surface area contributed by atoms with Crippen LogP contribution in [0.5, 0.6) is 0 Å². The fourth-order valence-electron chi connectivity index (χ4n) is 3.11. The molecule has 4 aromatic rings. The van der Waals surface area contributed by atoms with Crippen molar-refractivity contribution >= 4 is 36.0 Å². The minimum atomic E-state index is -0.258. The van der Waals surface area contributed by atoms with Crippen molar-refractivity contribution in [3.8, 4) is 11.3 Å². The zero-order valence-electron chi connectivity index (χ0n) is 16.1. The average Bonchev–Trinajstić information content (AvgIpc) is 2.79. The summed E-state index contributed by atoms with van der Waals surface area (Å²) in [6.45, 7) is 0. The smallest absolute Gasteiger partial charge is 0.260 e. The van der Waals surface area contributed by atoms with Crippen molar-refractivity contribution in [3.63, 3.8) is 0 Å². The molecule has 2 N–H and O–H groups in total. The van der Waals surface area contributed by atoms with Crippen molar-refractivity contribution in [2.75, 3.05) is 5.32 Å². The molecule has 1 amide bonds. The summed E-state index contributed by atoms with van der Waals surface area (Å²) in [4.78, 5) is 20.9. The number of hydrogen-bond acceptors (Lipinski definition) is 3. The quantitative estimate of drug-likeness (QED) is 0.384. The minimum absolute atomic E-state index is 0.258. The van der Waals surface area contributed by atoms with Crippen molar-refractivity contribution in [2.24, 2.45) is 0 Å². The van der Waals surface area contributed by atoms with Crippen LogP contribution in [-0.4, -0.2) is 15.9 Å². The molecule has 0 unspecified atom stereocenters. The molecule has 0 fully saturated rings. The summed E-state index contributed by atoms with van der Waals surface area (Å²) in [5.41, 5.74) is 4.13. The fourth-order valence-corrected chi connectivity index (χ4v) is 3.31. The van der Waals surface area contributed by atoms with E-state index in [0.29, 0.717) is 27.4 Å². The zero-order chi connectivity index (χ0) is 20.8. The van der Waals surface area contributed by atoms with Gasteiger partial charge in [0.25, 0.3) is 5.91 Å². The molecule has 0 aliphatic carbocycles. The summed E-state index contributed by atoms with van der Waals surface area (Å²) in [5, 5.41) is 2.96. The fraction of sp³-hybridized carbons (Fsp3) is 0. The van der Waals surface area contributed by atoms with Crippen molar-refractivity contribution in [3.05, 3.63) is 113 Å². The predicted molar refractivity (Wildman–Crippen MR) is 125 cm³/mol. The standard InChI is InChI=1S/C25H19N3OS/c29-24(26-20-14-8-3-9-15-20)22-21(17-16-18-10-4-1-5-11-18)27-25(30)28-23(22)19-12-6-2-7-13-19/h1-17H,(H,26,29)(H,27,28,30)/b17-16+. The Bertz CT molecular complexity index is 1230. The Morgan fingerprint density at radius 1 is 0.833 bits per heavy atom. The molecule has 5 heteroatoms. The van der Waals surface area contributed by atoms with E-state index >= 15 is 0 Å². The Morgan fingerprint density at radius 2 is 1.43 bits per heavy atom. The molecule has 0 saturated heterocycles. The highest BCUT2D eigenvalue weighted by atomic mass is 32.1. The third-order valence-corrected chi connectivity index (χ3v) is 4.70. The Balaban J connectivity index is 1.84. The molecule has 4 nitrogen and oxygen atoms in total. The SMILES string of the molecule is O=C(Nc1ccccc1)c1c(-c2ccccc2)nc(=S)[nH]c1/C=C/c1ccccc1. The lowest BCUT2D eigenvalue weighted by Crippen LogP contribution is -2.16. The van der Waals surface area contributed by atoms with Gasteiger partial charge in [-0.2, -0.15) is 0 Å². The molecule has 0 aliphatic rings. The molecule has 0 aliphatic heterocycles. The van der Waals surface area contributed by atoms with Crippen molar-refractivity contribution < 1.29 is 4.79 Å². The lowest BCUT2D eigenvalue weighted by Gasteiger charge is -2.13. The van der Waals surface area contributed by atoms with Gasteiger partial charge in [-0.05, 0) is 36.0 Å².